The van der Waals surface area contributed by atoms with Crippen LogP contribution in [0.5, 0.6) is 0 Å². The van der Waals surface area contributed by atoms with Crippen LogP contribution in [0.1, 0.15) is 51.3 Å². The van der Waals surface area contributed by atoms with Gasteiger partial charge in [0, 0.05) is 12.1 Å². The Morgan fingerprint density at radius 2 is 2.00 bits per heavy atom. The molecule has 5 nitrogen and oxygen atoms in total. The molecule has 2 heterocycles. The normalized spacial score (nSPS) is 22.6. The Balaban J connectivity index is 1.73. The van der Waals surface area contributed by atoms with Gasteiger partial charge in [0.15, 0.2) is 11.5 Å². The molecular weight excluding hydrogens is 264 g/mol. The lowest BCUT2D eigenvalue weighted by Crippen LogP contribution is -2.18. The molecule has 1 aliphatic carbocycles. The van der Waals surface area contributed by atoms with Crippen LogP contribution in [0.4, 0.5) is 5.69 Å². The molecule has 21 heavy (non-hydrogen) atoms. The molecule has 0 saturated heterocycles. The van der Waals surface area contributed by atoms with Crippen LogP contribution in [0.25, 0.3) is 11.6 Å². The SMILES string of the molecule is CC(C)C1CCC(c2noc(-c3ncccc3N)n2)CC1. The van der Waals surface area contributed by atoms with Gasteiger partial charge in [0.25, 0.3) is 5.89 Å². The maximum Gasteiger partial charge on any atom is 0.278 e. The fraction of sp³-hybridized carbons (Fsp3) is 0.562. The summed E-state index contributed by atoms with van der Waals surface area (Å²) in [7, 11) is 0. The lowest BCUT2D eigenvalue weighted by atomic mass is 9.77. The second-order valence-corrected chi connectivity index (χ2v) is 6.25. The molecule has 1 aliphatic rings. The first-order chi connectivity index (χ1) is 10.1. The quantitative estimate of drug-likeness (QED) is 0.932. The minimum absolute atomic E-state index is 0.405. The fourth-order valence-electron chi connectivity index (χ4n) is 3.14. The van der Waals surface area contributed by atoms with Gasteiger partial charge in [-0.15, -0.1) is 0 Å². The molecule has 2 aromatic rings. The molecule has 0 aromatic carbocycles. The zero-order valence-electron chi connectivity index (χ0n) is 12.6. The average Bonchev–Trinajstić information content (AvgIpc) is 2.97. The van der Waals surface area contributed by atoms with Crippen molar-refractivity contribution in [3.05, 3.63) is 24.2 Å². The molecule has 0 spiro atoms. The summed E-state index contributed by atoms with van der Waals surface area (Å²) in [5.74, 6) is 3.23. The monoisotopic (exact) mass is 286 g/mol. The van der Waals surface area contributed by atoms with Crippen LogP contribution < -0.4 is 5.73 Å². The first-order valence-corrected chi connectivity index (χ1v) is 7.69. The van der Waals surface area contributed by atoms with Gasteiger partial charge >= 0.3 is 0 Å². The van der Waals surface area contributed by atoms with Crippen LogP contribution in [-0.2, 0) is 0 Å². The first kappa shape index (κ1) is 14.0. The number of hydrogen-bond acceptors (Lipinski definition) is 5. The molecule has 5 heteroatoms. The molecule has 2 aromatic heterocycles. The highest BCUT2D eigenvalue weighted by Crippen LogP contribution is 2.38. The molecule has 1 fully saturated rings. The Bertz CT molecular complexity index is 600. The van der Waals surface area contributed by atoms with Gasteiger partial charge in [0.05, 0.1) is 5.69 Å². The average molecular weight is 286 g/mol. The maximum absolute atomic E-state index is 5.90. The number of anilines is 1. The Morgan fingerprint density at radius 3 is 2.67 bits per heavy atom. The lowest BCUT2D eigenvalue weighted by Gasteiger charge is -2.29. The van der Waals surface area contributed by atoms with Crippen molar-refractivity contribution in [2.45, 2.75) is 45.4 Å². The van der Waals surface area contributed by atoms with E-state index >= 15 is 0 Å². The van der Waals surface area contributed by atoms with E-state index in [9.17, 15) is 0 Å². The molecule has 0 radical (unpaired) electrons. The van der Waals surface area contributed by atoms with Crippen molar-refractivity contribution in [2.24, 2.45) is 11.8 Å². The van der Waals surface area contributed by atoms with E-state index < -0.39 is 0 Å². The number of rotatable bonds is 3. The Hall–Kier alpha value is -1.91. The first-order valence-electron chi connectivity index (χ1n) is 7.69. The van der Waals surface area contributed by atoms with Crippen molar-refractivity contribution in [3.63, 3.8) is 0 Å². The van der Waals surface area contributed by atoms with E-state index in [0.29, 0.717) is 23.2 Å². The third-order valence-electron chi connectivity index (χ3n) is 4.56. The van der Waals surface area contributed by atoms with E-state index in [-0.39, 0.29) is 0 Å². The van der Waals surface area contributed by atoms with Crippen molar-refractivity contribution in [3.8, 4) is 11.6 Å². The molecule has 112 valence electrons. The summed E-state index contributed by atoms with van der Waals surface area (Å²) in [5.41, 5.74) is 7.04. The van der Waals surface area contributed by atoms with E-state index in [1.54, 1.807) is 18.3 Å². The van der Waals surface area contributed by atoms with E-state index in [0.717, 1.165) is 30.5 Å². The number of pyridine rings is 1. The zero-order valence-corrected chi connectivity index (χ0v) is 12.6. The molecular formula is C16H22N4O. The summed E-state index contributed by atoms with van der Waals surface area (Å²) in [5, 5.41) is 4.15. The highest BCUT2D eigenvalue weighted by atomic mass is 16.5. The molecule has 0 bridgehead atoms. The molecule has 3 rings (SSSR count). The Kier molecular flexibility index (Phi) is 3.90. The fourth-order valence-corrected chi connectivity index (χ4v) is 3.14. The molecule has 0 aliphatic heterocycles. The number of nitrogen functional groups attached to an aromatic ring is 1. The van der Waals surface area contributed by atoms with Gasteiger partial charge in [0.1, 0.15) is 0 Å². The van der Waals surface area contributed by atoms with Crippen molar-refractivity contribution >= 4 is 5.69 Å². The molecule has 2 N–H and O–H groups in total. The van der Waals surface area contributed by atoms with Crippen LogP contribution in [0.3, 0.4) is 0 Å². The molecule has 0 amide bonds. The summed E-state index contributed by atoms with van der Waals surface area (Å²) in [6.07, 6.45) is 6.46. The zero-order chi connectivity index (χ0) is 14.8. The standard InChI is InChI=1S/C16H22N4O/c1-10(2)11-5-7-12(8-6-11)15-19-16(21-20-15)14-13(17)4-3-9-18-14/h3-4,9-12H,5-8,17H2,1-2H3. The van der Waals surface area contributed by atoms with Crippen LogP contribution in [0, 0.1) is 11.8 Å². The maximum atomic E-state index is 5.90. The van der Waals surface area contributed by atoms with E-state index in [1.165, 1.54) is 12.8 Å². The minimum atomic E-state index is 0.405. The number of aromatic nitrogens is 3. The van der Waals surface area contributed by atoms with E-state index in [2.05, 4.69) is 29.0 Å². The van der Waals surface area contributed by atoms with Crippen molar-refractivity contribution < 1.29 is 4.52 Å². The predicted molar refractivity (Wildman–Crippen MR) is 81.5 cm³/mol. The van der Waals surface area contributed by atoms with Crippen LogP contribution in [0.15, 0.2) is 22.9 Å². The predicted octanol–water partition coefficient (Wildman–Crippen LogP) is 3.64. The van der Waals surface area contributed by atoms with Crippen LogP contribution >= 0.6 is 0 Å². The minimum Gasteiger partial charge on any atom is -0.397 e. The van der Waals surface area contributed by atoms with Gasteiger partial charge in [-0.05, 0) is 49.7 Å². The molecule has 1 saturated carbocycles. The van der Waals surface area contributed by atoms with Gasteiger partial charge in [0.2, 0.25) is 0 Å². The van der Waals surface area contributed by atoms with Gasteiger partial charge in [-0.25, -0.2) is 4.98 Å². The Labute approximate surface area is 125 Å². The summed E-state index contributed by atoms with van der Waals surface area (Å²) < 4.78 is 5.36. The van der Waals surface area contributed by atoms with Crippen molar-refractivity contribution in [1.82, 2.24) is 15.1 Å². The van der Waals surface area contributed by atoms with Crippen LogP contribution in [-0.4, -0.2) is 15.1 Å². The summed E-state index contributed by atoms with van der Waals surface area (Å²) in [6, 6.07) is 3.59. The van der Waals surface area contributed by atoms with E-state index in [1.807, 2.05) is 0 Å². The Morgan fingerprint density at radius 1 is 1.24 bits per heavy atom. The highest BCUT2D eigenvalue weighted by molar-refractivity contribution is 5.65. The topological polar surface area (TPSA) is 77.8 Å². The third-order valence-corrected chi connectivity index (χ3v) is 4.56. The smallest absolute Gasteiger partial charge is 0.278 e. The lowest BCUT2D eigenvalue weighted by molar-refractivity contribution is 0.252. The molecule has 0 unspecified atom stereocenters. The summed E-state index contributed by atoms with van der Waals surface area (Å²) >= 11 is 0. The van der Waals surface area contributed by atoms with Gasteiger partial charge in [-0.2, -0.15) is 4.98 Å². The second-order valence-electron chi connectivity index (χ2n) is 6.25. The van der Waals surface area contributed by atoms with E-state index in [4.69, 9.17) is 10.3 Å². The highest BCUT2D eigenvalue weighted by Gasteiger charge is 2.27. The van der Waals surface area contributed by atoms with Crippen molar-refractivity contribution in [2.75, 3.05) is 5.73 Å². The van der Waals surface area contributed by atoms with Gasteiger partial charge < -0.3 is 10.3 Å². The largest absolute Gasteiger partial charge is 0.397 e. The third kappa shape index (κ3) is 2.91. The number of nitrogens with zero attached hydrogens (tertiary/aromatic N) is 3. The van der Waals surface area contributed by atoms with Gasteiger partial charge in [-0.1, -0.05) is 19.0 Å². The van der Waals surface area contributed by atoms with Gasteiger partial charge in [-0.3, -0.25) is 0 Å². The second kappa shape index (κ2) is 5.84. The summed E-state index contributed by atoms with van der Waals surface area (Å²) in [4.78, 5) is 8.74. The van der Waals surface area contributed by atoms with Crippen LogP contribution in [0.2, 0.25) is 0 Å². The summed E-state index contributed by atoms with van der Waals surface area (Å²) in [6.45, 7) is 4.61. The number of hydrogen-bond donors (Lipinski definition) is 1. The molecule has 0 atom stereocenters. The number of nitrogens with two attached hydrogens (primary N) is 1. The van der Waals surface area contributed by atoms with Crippen molar-refractivity contribution in [1.29, 1.82) is 0 Å².